The van der Waals surface area contributed by atoms with Gasteiger partial charge in [-0.1, -0.05) is 24.3 Å². The Labute approximate surface area is 149 Å². The number of methoxy groups -OCH3 is 2. The van der Waals surface area contributed by atoms with Crippen LogP contribution in [0.2, 0.25) is 5.28 Å². The molecule has 0 saturated heterocycles. The number of ether oxygens (including phenoxy) is 4. The largest absolute Gasteiger partial charge is 0.493 e. The van der Waals surface area contributed by atoms with E-state index in [2.05, 4.69) is 15.0 Å². The summed E-state index contributed by atoms with van der Waals surface area (Å²) in [5.41, 5.74) is 0. The van der Waals surface area contributed by atoms with E-state index in [-0.39, 0.29) is 17.3 Å². The zero-order chi connectivity index (χ0) is 17.6. The maximum Gasteiger partial charge on any atom is 0.329 e. The van der Waals surface area contributed by atoms with Gasteiger partial charge in [0.1, 0.15) is 0 Å². The molecule has 25 heavy (non-hydrogen) atoms. The molecule has 7 nitrogen and oxygen atoms in total. The molecule has 0 N–H and O–H groups in total. The Balaban J connectivity index is 1.88. The molecule has 0 unspecified atom stereocenters. The molecule has 0 aliphatic rings. The molecule has 1 aromatic heterocycles. The molecule has 1 heterocycles. The number of nitrogens with zero attached hydrogens (tertiary/aromatic N) is 3. The number of halogens is 1. The molecule has 0 spiro atoms. The maximum atomic E-state index is 5.95. The number of rotatable bonds is 6. The van der Waals surface area contributed by atoms with E-state index >= 15 is 0 Å². The van der Waals surface area contributed by atoms with Crippen LogP contribution in [0.4, 0.5) is 0 Å². The third-order valence-corrected chi connectivity index (χ3v) is 3.28. The van der Waals surface area contributed by atoms with Gasteiger partial charge in [0, 0.05) is 0 Å². The van der Waals surface area contributed by atoms with Crippen LogP contribution in [-0.4, -0.2) is 29.2 Å². The minimum atomic E-state index is -0.0650. The van der Waals surface area contributed by atoms with Crippen molar-refractivity contribution >= 4 is 11.6 Å². The molecule has 0 aliphatic heterocycles. The zero-order valence-corrected chi connectivity index (χ0v) is 14.2. The summed E-state index contributed by atoms with van der Waals surface area (Å²) >= 11 is 5.95. The monoisotopic (exact) mass is 359 g/mol. The third-order valence-electron chi connectivity index (χ3n) is 3.11. The summed E-state index contributed by atoms with van der Waals surface area (Å²) in [6.07, 6.45) is 0. The summed E-state index contributed by atoms with van der Waals surface area (Å²) < 4.78 is 21.7. The molecule has 0 fully saturated rings. The fourth-order valence-electron chi connectivity index (χ4n) is 2.01. The van der Waals surface area contributed by atoms with Crippen LogP contribution in [0.3, 0.4) is 0 Å². The quantitative estimate of drug-likeness (QED) is 0.655. The van der Waals surface area contributed by atoms with Gasteiger partial charge in [-0.05, 0) is 35.9 Å². The van der Waals surface area contributed by atoms with Crippen molar-refractivity contribution in [3.05, 3.63) is 53.8 Å². The lowest BCUT2D eigenvalue weighted by Gasteiger charge is -2.10. The molecule has 0 aliphatic carbocycles. The summed E-state index contributed by atoms with van der Waals surface area (Å²) in [5.74, 6) is 1.95. The van der Waals surface area contributed by atoms with Crippen LogP contribution in [0, 0.1) is 0 Å². The second-order valence-corrected chi connectivity index (χ2v) is 5.01. The van der Waals surface area contributed by atoms with Gasteiger partial charge in [0.25, 0.3) is 0 Å². The Morgan fingerprint density at radius 1 is 0.640 bits per heavy atom. The molecule has 0 radical (unpaired) electrons. The van der Waals surface area contributed by atoms with Crippen molar-refractivity contribution in [3.8, 4) is 35.0 Å². The molecular formula is C17H14ClN3O4. The normalized spacial score (nSPS) is 10.2. The van der Waals surface area contributed by atoms with Crippen LogP contribution >= 0.6 is 11.6 Å². The first-order valence-electron chi connectivity index (χ1n) is 7.23. The van der Waals surface area contributed by atoms with E-state index in [1.165, 1.54) is 0 Å². The molecule has 0 amide bonds. The molecule has 128 valence electrons. The van der Waals surface area contributed by atoms with Crippen molar-refractivity contribution < 1.29 is 18.9 Å². The Morgan fingerprint density at radius 2 is 1.04 bits per heavy atom. The number of para-hydroxylation sites is 4. The highest BCUT2D eigenvalue weighted by Crippen LogP contribution is 2.32. The minimum absolute atomic E-state index is 0.0191. The van der Waals surface area contributed by atoms with Crippen LogP contribution in [0.25, 0.3) is 0 Å². The fraction of sp³-hybridized carbons (Fsp3) is 0.118. The summed E-state index contributed by atoms with van der Waals surface area (Å²) in [7, 11) is 3.08. The first-order valence-corrected chi connectivity index (χ1v) is 7.60. The average Bonchev–Trinajstić information content (AvgIpc) is 2.62. The Bertz CT molecular complexity index is 808. The highest BCUT2D eigenvalue weighted by atomic mass is 35.5. The van der Waals surface area contributed by atoms with Gasteiger partial charge in [-0.15, -0.1) is 4.98 Å². The standard InChI is InChI=1S/C17H14ClN3O4/c1-22-11-7-3-5-9-13(11)24-16-19-15(18)20-17(21-16)25-14-10-6-4-8-12(14)23-2/h3-10H,1-2H3. The third kappa shape index (κ3) is 4.07. The predicted molar refractivity (Wildman–Crippen MR) is 91.0 cm³/mol. The van der Waals surface area contributed by atoms with Crippen molar-refractivity contribution in [1.29, 1.82) is 0 Å². The van der Waals surface area contributed by atoms with E-state index in [1.807, 2.05) is 12.1 Å². The van der Waals surface area contributed by atoms with Crippen molar-refractivity contribution in [3.63, 3.8) is 0 Å². The molecule has 0 atom stereocenters. The van der Waals surface area contributed by atoms with Gasteiger partial charge in [-0.2, -0.15) is 9.97 Å². The second-order valence-electron chi connectivity index (χ2n) is 4.68. The van der Waals surface area contributed by atoms with Gasteiger partial charge in [-0.25, -0.2) is 0 Å². The first kappa shape index (κ1) is 16.8. The highest BCUT2D eigenvalue weighted by molar-refractivity contribution is 6.28. The van der Waals surface area contributed by atoms with Crippen molar-refractivity contribution in [2.45, 2.75) is 0 Å². The van der Waals surface area contributed by atoms with E-state index in [4.69, 9.17) is 30.5 Å². The van der Waals surface area contributed by atoms with E-state index in [0.717, 1.165) is 0 Å². The number of hydrogen-bond acceptors (Lipinski definition) is 7. The van der Waals surface area contributed by atoms with Gasteiger partial charge in [0.05, 0.1) is 14.2 Å². The smallest absolute Gasteiger partial charge is 0.329 e. The zero-order valence-electron chi connectivity index (χ0n) is 13.5. The van der Waals surface area contributed by atoms with E-state index < -0.39 is 0 Å². The van der Waals surface area contributed by atoms with Gasteiger partial charge in [0.15, 0.2) is 23.0 Å². The van der Waals surface area contributed by atoms with E-state index in [0.29, 0.717) is 23.0 Å². The van der Waals surface area contributed by atoms with Crippen molar-refractivity contribution in [2.24, 2.45) is 0 Å². The topological polar surface area (TPSA) is 75.6 Å². The molecule has 8 heteroatoms. The van der Waals surface area contributed by atoms with Crippen LogP contribution < -0.4 is 18.9 Å². The van der Waals surface area contributed by atoms with Gasteiger partial charge >= 0.3 is 12.0 Å². The maximum absolute atomic E-state index is 5.95. The Kier molecular flexibility index (Phi) is 5.15. The van der Waals surface area contributed by atoms with Gasteiger partial charge < -0.3 is 18.9 Å². The van der Waals surface area contributed by atoms with Crippen molar-refractivity contribution in [2.75, 3.05) is 14.2 Å². The summed E-state index contributed by atoms with van der Waals surface area (Å²) in [6, 6.07) is 14.2. The van der Waals surface area contributed by atoms with Gasteiger partial charge in [0.2, 0.25) is 5.28 Å². The first-order chi connectivity index (χ1) is 12.2. The van der Waals surface area contributed by atoms with Crippen LogP contribution in [0.15, 0.2) is 48.5 Å². The second kappa shape index (κ2) is 7.67. The fourth-order valence-corrected chi connectivity index (χ4v) is 2.15. The summed E-state index contributed by atoms with van der Waals surface area (Å²) in [4.78, 5) is 12.0. The van der Waals surface area contributed by atoms with E-state index in [1.54, 1.807) is 50.6 Å². The lowest BCUT2D eigenvalue weighted by molar-refractivity contribution is 0.349. The molecule has 0 saturated carbocycles. The molecule has 3 rings (SSSR count). The molecule has 0 bridgehead atoms. The number of aromatic nitrogens is 3. The highest BCUT2D eigenvalue weighted by Gasteiger charge is 2.13. The molecule has 2 aromatic carbocycles. The van der Waals surface area contributed by atoms with Crippen molar-refractivity contribution in [1.82, 2.24) is 15.0 Å². The van der Waals surface area contributed by atoms with Crippen LogP contribution in [0.5, 0.6) is 35.0 Å². The summed E-state index contributed by atoms with van der Waals surface area (Å²) in [6.45, 7) is 0. The van der Waals surface area contributed by atoms with E-state index in [9.17, 15) is 0 Å². The number of hydrogen-bond donors (Lipinski definition) is 0. The van der Waals surface area contributed by atoms with Crippen LogP contribution in [-0.2, 0) is 0 Å². The summed E-state index contributed by atoms with van der Waals surface area (Å²) in [5, 5.41) is -0.0650. The van der Waals surface area contributed by atoms with Crippen LogP contribution in [0.1, 0.15) is 0 Å². The number of benzene rings is 2. The molecule has 3 aromatic rings. The lowest BCUT2D eigenvalue weighted by Crippen LogP contribution is -2.00. The predicted octanol–water partition coefficient (Wildman–Crippen LogP) is 4.13. The van der Waals surface area contributed by atoms with Gasteiger partial charge in [-0.3, -0.25) is 0 Å². The Hall–Kier alpha value is -3.06. The lowest BCUT2D eigenvalue weighted by atomic mass is 10.3. The average molecular weight is 360 g/mol. The SMILES string of the molecule is COc1ccccc1Oc1nc(Cl)nc(Oc2ccccc2OC)n1. The molecular weight excluding hydrogens is 346 g/mol. The Morgan fingerprint density at radius 3 is 1.44 bits per heavy atom. The minimum Gasteiger partial charge on any atom is -0.493 e.